The summed E-state index contributed by atoms with van der Waals surface area (Å²) in [6, 6.07) is 2.41. The van der Waals surface area contributed by atoms with Gasteiger partial charge < -0.3 is 9.47 Å². The summed E-state index contributed by atoms with van der Waals surface area (Å²) in [5.41, 5.74) is 0. The van der Waals surface area contributed by atoms with Gasteiger partial charge in [-0.2, -0.15) is 4.39 Å². The van der Waals surface area contributed by atoms with Crippen molar-refractivity contribution in [1.82, 2.24) is 0 Å². The van der Waals surface area contributed by atoms with Crippen molar-refractivity contribution in [2.45, 2.75) is 13.3 Å². The van der Waals surface area contributed by atoms with Crippen LogP contribution in [-0.2, 0) is 9.53 Å². The van der Waals surface area contributed by atoms with Gasteiger partial charge >= 0.3 is 12.3 Å². The Kier molecular flexibility index (Phi) is 4.16. The molecule has 0 N–H and O–H groups in total. The molecule has 16 heavy (non-hydrogen) atoms. The number of esters is 1. The van der Waals surface area contributed by atoms with E-state index in [1.807, 2.05) is 0 Å². The van der Waals surface area contributed by atoms with E-state index in [1.165, 1.54) is 6.92 Å². The van der Waals surface area contributed by atoms with E-state index >= 15 is 0 Å². The summed E-state index contributed by atoms with van der Waals surface area (Å²) in [6.07, 6.45) is -2.36. The van der Waals surface area contributed by atoms with Crippen LogP contribution in [0.5, 0.6) is 5.75 Å². The first kappa shape index (κ1) is 12.4. The fourth-order valence-electron chi connectivity index (χ4n) is 0.926. The van der Waals surface area contributed by atoms with E-state index in [0.29, 0.717) is 6.07 Å². The average Bonchev–Trinajstić information content (AvgIpc) is 2.24. The van der Waals surface area contributed by atoms with Gasteiger partial charge in [-0.25, -0.2) is 13.6 Å². The molecule has 0 saturated heterocycles. The van der Waals surface area contributed by atoms with Crippen LogP contribution in [0.25, 0.3) is 0 Å². The molecule has 0 aliphatic rings. The number of rotatable bonds is 4. The van der Waals surface area contributed by atoms with Crippen LogP contribution in [0.1, 0.15) is 6.92 Å². The first-order valence-corrected chi connectivity index (χ1v) is 4.47. The Morgan fingerprint density at radius 3 is 2.62 bits per heavy atom. The second-order valence-corrected chi connectivity index (χ2v) is 2.76. The van der Waals surface area contributed by atoms with E-state index in [9.17, 15) is 18.0 Å². The van der Waals surface area contributed by atoms with E-state index in [2.05, 4.69) is 9.47 Å². The molecule has 1 unspecified atom stereocenters. The highest BCUT2D eigenvalue weighted by Gasteiger charge is 2.20. The zero-order chi connectivity index (χ0) is 12.1. The first-order chi connectivity index (χ1) is 7.54. The highest BCUT2D eigenvalue weighted by Crippen LogP contribution is 2.17. The molecule has 0 spiro atoms. The van der Waals surface area contributed by atoms with Crippen molar-refractivity contribution in [1.29, 1.82) is 0 Å². The summed E-state index contributed by atoms with van der Waals surface area (Å²) < 4.78 is 46.9. The standard InChI is InChI=1S/C10H9F3O3/c1-2-15-10(14)9(13)16-6-3-4-7(11)8(12)5-6/h3-5,9H,2H2,1H3. The summed E-state index contributed by atoms with van der Waals surface area (Å²) >= 11 is 0. The van der Waals surface area contributed by atoms with Crippen LogP contribution in [-0.4, -0.2) is 18.9 Å². The van der Waals surface area contributed by atoms with Crippen LogP contribution in [0, 0.1) is 11.6 Å². The van der Waals surface area contributed by atoms with Gasteiger partial charge in [-0.3, -0.25) is 0 Å². The van der Waals surface area contributed by atoms with Gasteiger partial charge in [-0.1, -0.05) is 0 Å². The van der Waals surface area contributed by atoms with Crippen molar-refractivity contribution in [3.8, 4) is 5.75 Å². The van der Waals surface area contributed by atoms with Gasteiger partial charge in [0.2, 0.25) is 0 Å². The van der Waals surface area contributed by atoms with Gasteiger partial charge in [0, 0.05) is 6.07 Å². The van der Waals surface area contributed by atoms with Gasteiger partial charge in [-0.15, -0.1) is 0 Å². The third kappa shape index (κ3) is 3.15. The maximum atomic E-state index is 13.0. The summed E-state index contributed by atoms with van der Waals surface area (Å²) in [6.45, 7) is 1.50. The summed E-state index contributed by atoms with van der Waals surface area (Å²) in [5, 5.41) is 0. The molecule has 1 rings (SSSR count). The van der Waals surface area contributed by atoms with Crippen molar-refractivity contribution in [2.75, 3.05) is 6.61 Å². The number of alkyl halides is 1. The molecule has 0 fully saturated rings. The Labute approximate surface area is 89.8 Å². The fourth-order valence-corrected chi connectivity index (χ4v) is 0.926. The zero-order valence-electron chi connectivity index (χ0n) is 8.38. The molecule has 6 heteroatoms. The Morgan fingerprint density at radius 1 is 1.38 bits per heavy atom. The smallest absolute Gasteiger partial charge is 0.381 e. The summed E-state index contributed by atoms with van der Waals surface area (Å²) in [4.78, 5) is 10.8. The number of carbonyl (C=O) groups excluding carboxylic acids is 1. The van der Waals surface area contributed by atoms with Gasteiger partial charge in [0.05, 0.1) is 6.61 Å². The number of carbonyl (C=O) groups is 1. The second-order valence-electron chi connectivity index (χ2n) is 2.76. The predicted molar refractivity (Wildman–Crippen MR) is 48.5 cm³/mol. The van der Waals surface area contributed by atoms with E-state index in [1.54, 1.807) is 0 Å². The molecule has 3 nitrogen and oxygen atoms in total. The van der Waals surface area contributed by atoms with Crippen LogP contribution in [0.4, 0.5) is 13.2 Å². The molecular formula is C10H9F3O3. The normalized spacial score (nSPS) is 12.0. The molecule has 88 valence electrons. The molecule has 0 amide bonds. The maximum absolute atomic E-state index is 13.0. The molecule has 0 aliphatic heterocycles. The minimum Gasteiger partial charge on any atom is -0.461 e. The third-order valence-electron chi connectivity index (χ3n) is 1.60. The van der Waals surface area contributed by atoms with E-state index < -0.39 is 24.0 Å². The largest absolute Gasteiger partial charge is 0.461 e. The second kappa shape index (κ2) is 5.39. The van der Waals surface area contributed by atoms with E-state index in [4.69, 9.17) is 0 Å². The Bertz CT molecular complexity index is 382. The Morgan fingerprint density at radius 2 is 2.06 bits per heavy atom. The zero-order valence-corrected chi connectivity index (χ0v) is 8.38. The van der Waals surface area contributed by atoms with Crippen molar-refractivity contribution in [3.63, 3.8) is 0 Å². The molecule has 0 aliphatic carbocycles. The maximum Gasteiger partial charge on any atom is 0.381 e. The lowest BCUT2D eigenvalue weighted by Crippen LogP contribution is -2.24. The number of benzene rings is 1. The molecule has 1 aromatic carbocycles. The van der Waals surface area contributed by atoms with Crippen LogP contribution >= 0.6 is 0 Å². The van der Waals surface area contributed by atoms with Crippen molar-refractivity contribution in [3.05, 3.63) is 29.8 Å². The third-order valence-corrected chi connectivity index (χ3v) is 1.60. The lowest BCUT2D eigenvalue weighted by Gasteiger charge is -2.10. The lowest BCUT2D eigenvalue weighted by atomic mass is 10.3. The van der Waals surface area contributed by atoms with Gasteiger partial charge in [-0.05, 0) is 19.1 Å². The predicted octanol–water partition coefficient (Wildman–Crippen LogP) is 2.20. The van der Waals surface area contributed by atoms with E-state index in [-0.39, 0.29) is 12.4 Å². The van der Waals surface area contributed by atoms with Crippen LogP contribution in [0.2, 0.25) is 0 Å². The van der Waals surface area contributed by atoms with E-state index in [0.717, 1.165) is 12.1 Å². The minimum atomic E-state index is -2.36. The monoisotopic (exact) mass is 234 g/mol. The SMILES string of the molecule is CCOC(=O)C(F)Oc1ccc(F)c(F)c1. The molecule has 0 radical (unpaired) electrons. The molecule has 0 bridgehead atoms. The van der Waals surface area contributed by atoms with Crippen LogP contribution in [0.15, 0.2) is 18.2 Å². The molecule has 0 saturated carbocycles. The molecule has 1 atom stereocenters. The number of halogens is 3. The first-order valence-electron chi connectivity index (χ1n) is 4.47. The van der Waals surface area contributed by atoms with Crippen molar-refractivity contribution in [2.24, 2.45) is 0 Å². The average molecular weight is 234 g/mol. The summed E-state index contributed by atoms with van der Waals surface area (Å²) in [7, 11) is 0. The topological polar surface area (TPSA) is 35.5 Å². The highest BCUT2D eigenvalue weighted by atomic mass is 19.2. The lowest BCUT2D eigenvalue weighted by molar-refractivity contribution is -0.159. The quantitative estimate of drug-likeness (QED) is 0.749. The van der Waals surface area contributed by atoms with Crippen LogP contribution in [0.3, 0.4) is 0 Å². The van der Waals surface area contributed by atoms with Gasteiger partial charge in [0.15, 0.2) is 11.6 Å². The number of hydrogen-bond donors (Lipinski definition) is 0. The molecule has 1 aromatic rings. The Balaban J connectivity index is 2.66. The van der Waals surface area contributed by atoms with Crippen LogP contribution < -0.4 is 4.74 Å². The molecule has 0 heterocycles. The summed E-state index contributed by atoms with van der Waals surface area (Å²) in [5.74, 6) is -3.78. The van der Waals surface area contributed by atoms with Gasteiger partial charge in [0.25, 0.3) is 0 Å². The Hall–Kier alpha value is -1.72. The minimum absolute atomic E-state index is 0.000389. The molecule has 0 aromatic heterocycles. The fraction of sp³-hybridized carbons (Fsp3) is 0.300. The number of ether oxygens (including phenoxy) is 2. The van der Waals surface area contributed by atoms with Crippen molar-refractivity contribution >= 4 is 5.97 Å². The molecular weight excluding hydrogens is 225 g/mol. The van der Waals surface area contributed by atoms with Crippen molar-refractivity contribution < 1.29 is 27.4 Å². The van der Waals surface area contributed by atoms with Gasteiger partial charge in [0.1, 0.15) is 5.75 Å². The number of hydrogen-bond acceptors (Lipinski definition) is 3. The highest BCUT2D eigenvalue weighted by molar-refractivity contribution is 5.73.